The van der Waals surface area contributed by atoms with Crippen molar-refractivity contribution >= 4 is 40.9 Å². The van der Waals surface area contributed by atoms with Crippen molar-refractivity contribution in [2.75, 3.05) is 12.1 Å². The lowest BCUT2D eigenvalue weighted by Crippen LogP contribution is -2.35. The van der Waals surface area contributed by atoms with Gasteiger partial charge in [-0.2, -0.15) is 0 Å². The molecule has 1 aliphatic heterocycles. The molecular weight excluding hydrogens is 462 g/mol. The number of rotatable bonds is 7. The van der Waals surface area contributed by atoms with E-state index in [0.717, 1.165) is 10.6 Å². The van der Waals surface area contributed by atoms with Crippen molar-refractivity contribution in [3.63, 3.8) is 0 Å². The molecule has 1 N–H and O–H groups in total. The van der Waals surface area contributed by atoms with E-state index in [4.69, 9.17) is 21.1 Å². The lowest BCUT2D eigenvalue weighted by atomic mass is 10.1. The molecule has 0 radical (unpaired) electrons. The minimum Gasteiger partial charge on any atom is -0.493 e. The van der Waals surface area contributed by atoms with E-state index < -0.39 is 16.7 Å². The van der Waals surface area contributed by atoms with Gasteiger partial charge in [0.25, 0.3) is 11.8 Å². The number of nitro benzene ring substituents is 1. The summed E-state index contributed by atoms with van der Waals surface area (Å²) in [5, 5.41) is 13.4. The molecule has 1 saturated heterocycles. The number of nitro groups is 1. The number of hydrazine groups is 1. The highest BCUT2D eigenvalue weighted by molar-refractivity contribution is 6.31. The minimum atomic E-state index is -0.626. The maximum absolute atomic E-state index is 12.8. The summed E-state index contributed by atoms with van der Waals surface area (Å²) in [7, 11) is 1.34. The second-order valence-electron chi connectivity index (χ2n) is 7.22. The summed E-state index contributed by atoms with van der Waals surface area (Å²) in [5.74, 6) is -1.20. The second-order valence-corrected chi connectivity index (χ2v) is 7.66. The molecule has 0 aliphatic carbocycles. The number of amides is 2. The summed E-state index contributed by atoms with van der Waals surface area (Å²) in [5.41, 5.74) is 3.41. The van der Waals surface area contributed by atoms with E-state index in [1.54, 1.807) is 54.6 Å². The van der Waals surface area contributed by atoms with Crippen molar-refractivity contribution in [1.29, 1.82) is 0 Å². The first-order valence-electron chi connectivity index (χ1n) is 10.0. The monoisotopic (exact) mass is 479 g/mol. The SMILES string of the molecule is COc1cc(C=C2C(=O)NN(c3ccccc3)C2=O)cc([N+](=O)[O-])c1OCc1ccc(Cl)cc1. The molecule has 3 aromatic carbocycles. The van der Waals surface area contributed by atoms with Crippen LogP contribution in [0.5, 0.6) is 11.5 Å². The second kappa shape index (κ2) is 9.63. The number of nitrogens with one attached hydrogen (secondary N) is 1. The van der Waals surface area contributed by atoms with Gasteiger partial charge in [-0.25, -0.2) is 5.01 Å². The van der Waals surface area contributed by atoms with Gasteiger partial charge in [-0.1, -0.05) is 41.9 Å². The third-order valence-corrected chi connectivity index (χ3v) is 5.24. The summed E-state index contributed by atoms with van der Waals surface area (Å²) >= 11 is 5.88. The van der Waals surface area contributed by atoms with Crippen LogP contribution in [0.15, 0.2) is 72.3 Å². The summed E-state index contributed by atoms with van der Waals surface area (Å²) < 4.78 is 11.0. The molecule has 0 unspecified atom stereocenters. The number of methoxy groups -OCH3 is 1. The van der Waals surface area contributed by atoms with E-state index in [9.17, 15) is 19.7 Å². The molecule has 0 atom stereocenters. The molecule has 0 aromatic heterocycles. The van der Waals surface area contributed by atoms with Crippen LogP contribution in [0.4, 0.5) is 11.4 Å². The fourth-order valence-electron chi connectivity index (χ4n) is 3.34. The van der Waals surface area contributed by atoms with Gasteiger partial charge in [0.15, 0.2) is 5.75 Å². The van der Waals surface area contributed by atoms with Crippen LogP contribution >= 0.6 is 11.6 Å². The van der Waals surface area contributed by atoms with Crippen LogP contribution in [0.3, 0.4) is 0 Å². The molecule has 10 heteroatoms. The van der Waals surface area contributed by atoms with Gasteiger partial charge in [0.2, 0.25) is 5.75 Å². The molecule has 3 aromatic rings. The summed E-state index contributed by atoms with van der Waals surface area (Å²) in [6.45, 7) is 0.0434. The fraction of sp³-hybridized carbons (Fsp3) is 0.0833. The lowest BCUT2D eigenvalue weighted by molar-refractivity contribution is -0.386. The van der Waals surface area contributed by atoms with Gasteiger partial charge in [0, 0.05) is 11.1 Å². The van der Waals surface area contributed by atoms with Crippen molar-refractivity contribution in [3.05, 3.63) is 98.6 Å². The average Bonchev–Trinajstić information content (AvgIpc) is 3.12. The Morgan fingerprint density at radius 1 is 1.09 bits per heavy atom. The van der Waals surface area contributed by atoms with Crippen molar-refractivity contribution in [2.45, 2.75) is 6.61 Å². The zero-order valence-electron chi connectivity index (χ0n) is 17.9. The molecule has 1 heterocycles. The van der Waals surface area contributed by atoms with Crippen LogP contribution < -0.4 is 19.9 Å². The van der Waals surface area contributed by atoms with Crippen molar-refractivity contribution in [1.82, 2.24) is 5.43 Å². The Morgan fingerprint density at radius 2 is 1.79 bits per heavy atom. The number of para-hydroxylation sites is 1. The third kappa shape index (κ3) is 4.69. The van der Waals surface area contributed by atoms with Gasteiger partial charge in [-0.3, -0.25) is 25.1 Å². The summed E-state index contributed by atoms with van der Waals surface area (Å²) in [6, 6.07) is 18.1. The molecule has 4 rings (SSSR count). The normalized spacial score (nSPS) is 14.3. The van der Waals surface area contributed by atoms with Crippen molar-refractivity contribution in [3.8, 4) is 11.5 Å². The first-order chi connectivity index (χ1) is 16.4. The number of anilines is 1. The highest BCUT2D eigenvalue weighted by atomic mass is 35.5. The fourth-order valence-corrected chi connectivity index (χ4v) is 3.47. The number of ether oxygens (including phenoxy) is 2. The first-order valence-corrected chi connectivity index (χ1v) is 10.4. The molecule has 172 valence electrons. The van der Waals surface area contributed by atoms with Gasteiger partial charge in [-0.15, -0.1) is 0 Å². The van der Waals surface area contributed by atoms with Gasteiger partial charge >= 0.3 is 5.69 Å². The van der Waals surface area contributed by atoms with E-state index in [2.05, 4.69) is 5.43 Å². The van der Waals surface area contributed by atoms with Gasteiger partial charge in [0.1, 0.15) is 12.2 Å². The summed E-state index contributed by atoms with van der Waals surface area (Å²) in [6.07, 6.45) is 1.28. The predicted molar refractivity (Wildman–Crippen MR) is 125 cm³/mol. The highest BCUT2D eigenvalue weighted by Gasteiger charge is 2.34. The molecule has 34 heavy (non-hydrogen) atoms. The zero-order chi connectivity index (χ0) is 24.2. The molecule has 1 aliphatic rings. The Morgan fingerprint density at radius 3 is 2.44 bits per heavy atom. The molecular formula is C24H18ClN3O6. The maximum atomic E-state index is 12.8. The van der Waals surface area contributed by atoms with E-state index in [1.807, 2.05) is 0 Å². The lowest BCUT2D eigenvalue weighted by Gasteiger charge is -2.14. The largest absolute Gasteiger partial charge is 0.493 e. The average molecular weight is 480 g/mol. The van der Waals surface area contributed by atoms with Crippen LogP contribution in [0.1, 0.15) is 11.1 Å². The molecule has 0 spiro atoms. The first kappa shape index (κ1) is 22.8. The van der Waals surface area contributed by atoms with Crippen LogP contribution in [0, 0.1) is 10.1 Å². The number of carbonyl (C=O) groups is 2. The Bertz CT molecular complexity index is 1290. The topological polar surface area (TPSA) is 111 Å². The van der Waals surface area contributed by atoms with Gasteiger partial charge < -0.3 is 9.47 Å². The smallest absolute Gasteiger partial charge is 0.315 e. The number of hydrogen-bond donors (Lipinski definition) is 1. The Balaban J connectivity index is 1.66. The quantitative estimate of drug-likeness (QED) is 0.234. The highest BCUT2D eigenvalue weighted by Crippen LogP contribution is 2.39. The Kier molecular flexibility index (Phi) is 6.46. The van der Waals surface area contributed by atoms with Crippen LogP contribution in [-0.4, -0.2) is 23.8 Å². The summed E-state index contributed by atoms with van der Waals surface area (Å²) in [4.78, 5) is 36.4. The third-order valence-electron chi connectivity index (χ3n) is 4.99. The number of hydrogen-bond acceptors (Lipinski definition) is 6. The van der Waals surface area contributed by atoms with Crippen LogP contribution in [-0.2, 0) is 16.2 Å². The number of halogens is 1. The molecule has 1 fully saturated rings. The minimum absolute atomic E-state index is 0.0434. The van der Waals surface area contributed by atoms with Crippen molar-refractivity contribution < 1.29 is 24.0 Å². The van der Waals surface area contributed by atoms with E-state index in [1.165, 1.54) is 25.3 Å². The molecule has 2 amide bonds. The van der Waals surface area contributed by atoms with Crippen LogP contribution in [0.2, 0.25) is 5.02 Å². The van der Waals surface area contributed by atoms with E-state index >= 15 is 0 Å². The van der Waals surface area contributed by atoms with Gasteiger partial charge in [0.05, 0.1) is 17.7 Å². The molecule has 0 saturated carbocycles. The molecule has 0 bridgehead atoms. The number of nitrogens with zero attached hydrogens (tertiary/aromatic N) is 2. The van der Waals surface area contributed by atoms with E-state index in [-0.39, 0.29) is 34.9 Å². The van der Waals surface area contributed by atoms with Crippen LogP contribution in [0.25, 0.3) is 6.08 Å². The Hall–Kier alpha value is -4.37. The zero-order valence-corrected chi connectivity index (χ0v) is 18.6. The Labute approximate surface area is 199 Å². The predicted octanol–water partition coefficient (Wildman–Crippen LogP) is 4.30. The number of benzene rings is 3. The standard InChI is InChI=1S/C24H18ClN3O6/c1-33-21-13-16(11-19-23(29)26-27(24(19)30)18-5-3-2-4-6-18)12-20(28(31)32)22(21)34-14-15-7-9-17(25)10-8-15/h2-13H,14H2,1H3,(H,26,29). The van der Waals surface area contributed by atoms with E-state index in [0.29, 0.717) is 10.7 Å². The molecule has 9 nitrogen and oxygen atoms in total. The number of carbonyl (C=O) groups excluding carboxylic acids is 2. The van der Waals surface area contributed by atoms with Crippen molar-refractivity contribution in [2.24, 2.45) is 0 Å². The van der Waals surface area contributed by atoms with Gasteiger partial charge in [-0.05, 0) is 47.5 Å². The maximum Gasteiger partial charge on any atom is 0.315 e.